The third-order valence-electron chi connectivity index (χ3n) is 3.49. The van der Waals surface area contributed by atoms with Gasteiger partial charge in [0.1, 0.15) is 0 Å². The zero-order chi connectivity index (χ0) is 16.7. The molecule has 2 rings (SSSR count). The number of nitrogens with one attached hydrogen (secondary N) is 1. The van der Waals surface area contributed by atoms with Crippen LogP contribution in [0.25, 0.3) is 0 Å². The monoisotopic (exact) mass is 377 g/mol. The molecule has 0 aliphatic carbocycles. The first-order valence-corrected chi connectivity index (χ1v) is 8.18. The Labute approximate surface area is 144 Å². The zero-order valence-corrected chi connectivity index (χ0v) is 14.9. The Hall–Kier alpha value is -2.01. The van der Waals surface area contributed by atoms with Gasteiger partial charge >= 0.3 is 0 Å². The maximum Gasteiger partial charge on any atom is 0.252 e. The standard InChI is InChI=1S/C18H20BrNO3/c1-22-16-10-9-13(12-17(16)23-2)6-5-11-20-18(21)14-7-3-4-8-15(14)19/h3-4,7-10,12H,5-6,11H2,1-2H3,(H,20,21). The Balaban J connectivity index is 1.84. The summed E-state index contributed by atoms with van der Waals surface area (Å²) in [6.45, 7) is 0.620. The molecule has 0 spiro atoms. The van der Waals surface area contributed by atoms with Gasteiger partial charge in [-0.25, -0.2) is 0 Å². The van der Waals surface area contributed by atoms with Crippen molar-refractivity contribution in [1.82, 2.24) is 5.32 Å². The molecule has 0 bridgehead atoms. The molecule has 0 radical (unpaired) electrons. The summed E-state index contributed by atoms with van der Waals surface area (Å²) in [6, 6.07) is 13.3. The lowest BCUT2D eigenvalue weighted by Gasteiger charge is -2.10. The van der Waals surface area contributed by atoms with Gasteiger partial charge in [0.2, 0.25) is 0 Å². The van der Waals surface area contributed by atoms with E-state index in [2.05, 4.69) is 21.2 Å². The second-order valence-electron chi connectivity index (χ2n) is 5.03. The van der Waals surface area contributed by atoms with E-state index in [0.29, 0.717) is 12.1 Å². The lowest BCUT2D eigenvalue weighted by Crippen LogP contribution is -2.25. The van der Waals surface area contributed by atoms with Gasteiger partial charge in [-0.05, 0) is 58.6 Å². The fraction of sp³-hybridized carbons (Fsp3) is 0.278. The number of ether oxygens (including phenoxy) is 2. The van der Waals surface area contributed by atoms with Gasteiger partial charge in [0.05, 0.1) is 19.8 Å². The highest BCUT2D eigenvalue weighted by Gasteiger charge is 2.08. The van der Waals surface area contributed by atoms with Crippen LogP contribution in [0.2, 0.25) is 0 Å². The molecule has 1 N–H and O–H groups in total. The van der Waals surface area contributed by atoms with Gasteiger partial charge in [-0.3, -0.25) is 4.79 Å². The minimum Gasteiger partial charge on any atom is -0.493 e. The molecule has 5 heteroatoms. The number of methoxy groups -OCH3 is 2. The molecule has 0 fully saturated rings. The van der Waals surface area contributed by atoms with Crippen LogP contribution in [-0.4, -0.2) is 26.7 Å². The van der Waals surface area contributed by atoms with E-state index in [1.165, 1.54) is 0 Å². The summed E-state index contributed by atoms with van der Waals surface area (Å²) >= 11 is 3.39. The number of carbonyl (C=O) groups excluding carboxylic acids is 1. The molecule has 2 aromatic carbocycles. The third kappa shape index (κ3) is 4.73. The summed E-state index contributed by atoms with van der Waals surface area (Å²) in [7, 11) is 3.24. The SMILES string of the molecule is COc1ccc(CCCNC(=O)c2ccccc2Br)cc1OC. The van der Waals surface area contributed by atoms with E-state index in [1.54, 1.807) is 20.3 Å². The second kappa shape index (κ2) is 8.58. The van der Waals surface area contributed by atoms with E-state index in [9.17, 15) is 4.79 Å². The van der Waals surface area contributed by atoms with Crippen molar-refractivity contribution >= 4 is 21.8 Å². The summed E-state index contributed by atoms with van der Waals surface area (Å²) in [5.74, 6) is 1.38. The van der Waals surface area contributed by atoms with Gasteiger partial charge in [-0.15, -0.1) is 0 Å². The highest BCUT2D eigenvalue weighted by Crippen LogP contribution is 2.27. The van der Waals surface area contributed by atoms with Crippen LogP contribution >= 0.6 is 15.9 Å². The van der Waals surface area contributed by atoms with E-state index in [0.717, 1.165) is 34.4 Å². The number of hydrogen-bond acceptors (Lipinski definition) is 3. The van der Waals surface area contributed by atoms with Crippen molar-refractivity contribution in [2.24, 2.45) is 0 Å². The van der Waals surface area contributed by atoms with E-state index >= 15 is 0 Å². The van der Waals surface area contributed by atoms with Crippen molar-refractivity contribution in [2.45, 2.75) is 12.8 Å². The molecule has 0 heterocycles. The summed E-state index contributed by atoms with van der Waals surface area (Å²) in [6.07, 6.45) is 1.71. The number of hydrogen-bond donors (Lipinski definition) is 1. The van der Waals surface area contributed by atoms with E-state index < -0.39 is 0 Å². The summed E-state index contributed by atoms with van der Waals surface area (Å²) < 4.78 is 11.3. The quantitative estimate of drug-likeness (QED) is 0.745. The molecule has 0 aromatic heterocycles. The fourth-order valence-corrected chi connectivity index (χ4v) is 2.74. The molecule has 122 valence electrons. The Morgan fingerprint density at radius 3 is 2.52 bits per heavy atom. The molecule has 4 nitrogen and oxygen atoms in total. The molecule has 0 saturated carbocycles. The molecule has 0 atom stereocenters. The van der Waals surface area contributed by atoms with Crippen molar-refractivity contribution in [1.29, 1.82) is 0 Å². The van der Waals surface area contributed by atoms with Gasteiger partial charge in [-0.2, -0.15) is 0 Å². The third-order valence-corrected chi connectivity index (χ3v) is 4.19. The Morgan fingerprint density at radius 2 is 1.83 bits per heavy atom. The number of halogens is 1. The number of rotatable bonds is 7. The Kier molecular flexibility index (Phi) is 6.47. The highest BCUT2D eigenvalue weighted by atomic mass is 79.9. The largest absolute Gasteiger partial charge is 0.493 e. The highest BCUT2D eigenvalue weighted by molar-refractivity contribution is 9.10. The molecule has 0 aliphatic heterocycles. The number of amides is 1. The lowest BCUT2D eigenvalue weighted by atomic mass is 10.1. The number of benzene rings is 2. The van der Waals surface area contributed by atoms with Crippen LogP contribution in [0.15, 0.2) is 46.9 Å². The average Bonchev–Trinajstić information content (AvgIpc) is 2.58. The smallest absolute Gasteiger partial charge is 0.252 e. The average molecular weight is 378 g/mol. The van der Waals surface area contributed by atoms with Gasteiger partial charge in [0, 0.05) is 11.0 Å². The van der Waals surface area contributed by atoms with Crippen LogP contribution in [0.1, 0.15) is 22.3 Å². The van der Waals surface area contributed by atoms with Crippen molar-refractivity contribution in [3.8, 4) is 11.5 Å². The first-order valence-electron chi connectivity index (χ1n) is 7.39. The maximum absolute atomic E-state index is 12.1. The van der Waals surface area contributed by atoms with E-state index in [1.807, 2.05) is 36.4 Å². The molecular formula is C18H20BrNO3. The lowest BCUT2D eigenvalue weighted by molar-refractivity contribution is 0.0952. The van der Waals surface area contributed by atoms with Crippen LogP contribution in [0.3, 0.4) is 0 Å². The fourth-order valence-electron chi connectivity index (χ4n) is 2.27. The first-order chi connectivity index (χ1) is 11.2. The predicted octanol–water partition coefficient (Wildman–Crippen LogP) is 3.83. The normalized spacial score (nSPS) is 10.2. The zero-order valence-electron chi connectivity index (χ0n) is 13.3. The molecule has 0 unspecified atom stereocenters. The minimum atomic E-state index is -0.0650. The molecule has 23 heavy (non-hydrogen) atoms. The van der Waals surface area contributed by atoms with Crippen LogP contribution < -0.4 is 14.8 Å². The summed E-state index contributed by atoms with van der Waals surface area (Å²) in [5, 5.41) is 2.94. The van der Waals surface area contributed by atoms with Crippen LogP contribution in [0.5, 0.6) is 11.5 Å². The molecule has 0 aliphatic rings. The second-order valence-corrected chi connectivity index (χ2v) is 5.88. The Bertz CT molecular complexity index is 673. The summed E-state index contributed by atoms with van der Waals surface area (Å²) in [4.78, 5) is 12.1. The van der Waals surface area contributed by atoms with Gasteiger partial charge < -0.3 is 14.8 Å². The van der Waals surface area contributed by atoms with E-state index in [-0.39, 0.29) is 5.91 Å². The van der Waals surface area contributed by atoms with Gasteiger partial charge in [0.25, 0.3) is 5.91 Å². The van der Waals surface area contributed by atoms with Crippen molar-refractivity contribution in [3.63, 3.8) is 0 Å². The maximum atomic E-state index is 12.1. The topological polar surface area (TPSA) is 47.6 Å². The van der Waals surface area contributed by atoms with Gasteiger partial charge in [-0.1, -0.05) is 18.2 Å². The van der Waals surface area contributed by atoms with Gasteiger partial charge in [0.15, 0.2) is 11.5 Å². The molecule has 0 saturated heterocycles. The van der Waals surface area contributed by atoms with E-state index in [4.69, 9.17) is 9.47 Å². The van der Waals surface area contributed by atoms with Crippen LogP contribution in [-0.2, 0) is 6.42 Å². The van der Waals surface area contributed by atoms with Crippen molar-refractivity contribution in [3.05, 3.63) is 58.1 Å². The molecular weight excluding hydrogens is 358 g/mol. The van der Waals surface area contributed by atoms with Crippen LogP contribution in [0.4, 0.5) is 0 Å². The molecule has 2 aromatic rings. The minimum absolute atomic E-state index is 0.0650. The molecule has 1 amide bonds. The van der Waals surface area contributed by atoms with Crippen LogP contribution in [0, 0.1) is 0 Å². The number of carbonyl (C=O) groups is 1. The van der Waals surface area contributed by atoms with Crippen molar-refractivity contribution < 1.29 is 14.3 Å². The Morgan fingerprint density at radius 1 is 1.09 bits per heavy atom. The number of aryl methyl sites for hydroxylation is 1. The predicted molar refractivity (Wildman–Crippen MR) is 94.3 cm³/mol. The summed E-state index contributed by atoms with van der Waals surface area (Å²) in [5.41, 5.74) is 1.80. The first kappa shape index (κ1) is 17.3. The van der Waals surface area contributed by atoms with Crippen molar-refractivity contribution in [2.75, 3.05) is 20.8 Å².